The molecule has 166 valence electrons. The molecule has 12 heteroatoms. The van der Waals surface area contributed by atoms with Gasteiger partial charge in [0.15, 0.2) is 6.29 Å². The molecule has 0 bridgehead atoms. The zero-order chi connectivity index (χ0) is 20.9. The van der Waals surface area contributed by atoms with Gasteiger partial charge in [0, 0.05) is 6.61 Å². The lowest BCUT2D eigenvalue weighted by molar-refractivity contribution is -0.384. The summed E-state index contributed by atoms with van der Waals surface area (Å²) in [4.78, 5) is 0. The van der Waals surface area contributed by atoms with Gasteiger partial charge in [-0.3, -0.25) is 0 Å². The van der Waals surface area contributed by atoms with Crippen LogP contribution in [0.4, 0.5) is 0 Å². The minimum Gasteiger partial charge on any atom is -0.394 e. The van der Waals surface area contributed by atoms with Gasteiger partial charge in [-0.1, -0.05) is 0 Å². The number of ether oxygens (including phenoxy) is 5. The molecule has 2 aliphatic heterocycles. The second-order valence-electron chi connectivity index (χ2n) is 6.65. The lowest BCUT2D eigenvalue weighted by atomic mass is 9.99. The molecular weight excluding hydrogens is 384 g/mol. The Morgan fingerprint density at radius 2 is 1.54 bits per heavy atom. The van der Waals surface area contributed by atoms with Gasteiger partial charge >= 0.3 is 0 Å². The first kappa shape index (κ1) is 23.8. The lowest BCUT2D eigenvalue weighted by Gasteiger charge is -2.43. The minimum absolute atomic E-state index is 0.157. The van der Waals surface area contributed by atoms with Gasteiger partial charge in [0.25, 0.3) is 0 Å². The van der Waals surface area contributed by atoms with E-state index in [2.05, 4.69) is 0 Å². The molecule has 2 heterocycles. The standard InChI is InChI=1S/C16H30O12/c1-2-24-3-4-25-6-9-10(19)12(21)13(22)15(26-9)28-16(7-18)14(23)11(20)8(5-17)27-16/h8-15,17-23H,2-7H2,1H3/t8-,9-,10-,11-,12+,13-,14+,15-,16+/m1/s1. The van der Waals surface area contributed by atoms with Crippen molar-refractivity contribution >= 4 is 0 Å². The highest BCUT2D eigenvalue weighted by atomic mass is 16.8. The number of aliphatic hydroxyl groups is 7. The summed E-state index contributed by atoms with van der Waals surface area (Å²) in [6.45, 7) is 1.10. The molecule has 2 rings (SSSR count). The van der Waals surface area contributed by atoms with Crippen molar-refractivity contribution in [3.63, 3.8) is 0 Å². The van der Waals surface area contributed by atoms with E-state index in [9.17, 15) is 35.7 Å². The molecule has 2 aliphatic rings. The quantitative estimate of drug-likeness (QED) is 0.171. The summed E-state index contributed by atoms with van der Waals surface area (Å²) < 4.78 is 26.5. The Balaban J connectivity index is 2.04. The van der Waals surface area contributed by atoms with E-state index in [4.69, 9.17) is 23.7 Å². The first-order valence-electron chi connectivity index (χ1n) is 9.10. The second kappa shape index (κ2) is 10.5. The molecule has 0 amide bonds. The third-order valence-corrected chi connectivity index (χ3v) is 4.75. The van der Waals surface area contributed by atoms with Crippen LogP contribution in [0.15, 0.2) is 0 Å². The fourth-order valence-corrected chi connectivity index (χ4v) is 3.08. The fraction of sp³-hybridized carbons (Fsp3) is 1.00. The van der Waals surface area contributed by atoms with Gasteiger partial charge in [0.2, 0.25) is 5.79 Å². The van der Waals surface area contributed by atoms with Crippen molar-refractivity contribution in [1.29, 1.82) is 0 Å². The molecule has 7 N–H and O–H groups in total. The predicted octanol–water partition coefficient (Wildman–Crippen LogP) is -4.33. The zero-order valence-corrected chi connectivity index (χ0v) is 15.5. The number of hydrogen-bond acceptors (Lipinski definition) is 12. The maximum atomic E-state index is 10.2. The van der Waals surface area contributed by atoms with Crippen LogP contribution in [0.3, 0.4) is 0 Å². The van der Waals surface area contributed by atoms with E-state index >= 15 is 0 Å². The summed E-state index contributed by atoms with van der Waals surface area (Å²) in [6, 6.07) is 0. The summed E-state index contributed by atoms with van der Waals surface area (Å²) in [5, 5.41) is 69.3. The molecule has 0 radical (unpaired) electrons. The third-order valence-electron chi connectivity index (χ3n) is 4.75. The fourth-order valence-electron chi connectivity index (χ4n) is 3.08. The van der Waals surface area contributed by atoms with Gasteiger partial charge in [-0.25, -0.2) is 0 Å². The average molecular weight is 414 g/mol. The van der Waals surface area contributed by atoms with Crippen molar-refractivity contribution in [2.24, 2.45) is 0 Å². The molecule has 2 fully saturated rings. The van der Waals surface area contributed by atoms with Crippen molar-refractivity contribution in [2.75, 3.05) is 39.6 Å². The number of hydrogen-bond donors (Lipinski definition) is 7. The number of rotatable bonds is 10. The monoisotopic (exact) mass is 414 g/mol. The zero-order valence-electron chi connectivity index (χ0n) is 15.5. The van der Waals surface area contributed by atoms with Crippen LogP contribution in [-0.4, -0.2) is 130 Å². The van der Waals surface area contributed by atoms with Crippen molar-refractivity contribution in [3.8, 4) is 0 Å². The normalized spacial score (nSPS) is 44.1. The van der Waals surface area contributed by atoms with Crippen LogP contribution in [0.2, 0.25) is 0 Å². The van der Waals surface area contributed by atoms with Crippen LogP contribution < -0.4 is 0 Å². The summed E-state index contributed by atoms with van der Waals surface area (Å²) in [7, 11) is 0. The van der Waals surface area contributed by atoms with E-state index in [0.717, 1.165) is 0 Å². The first-order valence-corrected chi connectivity index (χ1v) is 9.10. The molecule has 0 unspecified atom stereocenters. The molecule has 9 atom stereocenters. The highest BCUT2D eigenvalue weighted by Crippen LogP contribution is 2.35. The Bertz CT molecular complexity index is 467. The van der Waals surface area contributed by atoms with Crippen molar-refractivity contribution in [1.82, 2.24) is 0 Å². The average Bonchev–Trinajstić information content (AvgIpc) is 2.94. The van der Waals surface area contributed by atoms with Gasteiger partial charge in [-0.2, -0.15) is 0 Å². The summed E-state index contributed by atoms with van der Waals surface area (Å²) >= 11 is 0. The van der Waals surface area contributed by atoms with Crippen LogP contribution in [0.25, 0.3) is 0 Å². The second-order valence-corrected chi connectivity index (χ2v) is 6.65. The van der Waals surface area contributed by atoms with E-state index in [-0.39, 0.29) is 13.2 Å². The van der Waals surface area contributed by atoms with Crippen LogP contribution in [0, 0.1) is 0 Å². The molecule has 0 spiro atoms. The molecule has 28 heavy (non-hydrogen) atoms. The Labute approximate surface area is 161 Å². The van der Waals surface area contributed by atoms with Crippen molar-refractivity contribution in [2.45, 2.75) is 61.7 Å². The number of aliphatic hydroxyl groups excluding tert-OH is 7. The summed E-state index contributed by atoms with van der Waals surface area (Å²) in [6.07, 6.45) is -12.2. The first-order chi connectivity index (χ1) is 13.3. The summed E-state index contributed by atoms with van der Waals surface area (Å²) in [5.41, 5.74) is 0. The molecule has 12 nitrogen and oxygen atoms in total. The third kappa shape index (κ3) is 4.98. The van der Waals surface area contributed by atoms with Crippen LogP contribution in [-0.2, 0) is 23.7 Å². The van der Waals surface area contributed by atoms with Gasteiger partial charge in [-0.15, -0.1) is 0 Å². The maximum absolute atomic E-state index is 10.2. The maximum Gasteiger partial charge on any atom is 0.224 e. The van der Waals surface area contributed by atoms with E-state index < -0.39 is 68.0 Å². The highest BCUT2D eigenvalue weighted by Gasteiger charge is 2.58. The Kier molecular flexibility index (Phi) is 8.94. The molecule has 0 aromatic rings. The van der Waals surface area contributed by atoms with E-state index in [1.165, 1.54) is 0 Å². The smallest absolute Gasteiger partial charge is 0.224 e. The molecular formula is C16H30O12. The Morgan fingerprint density at radius 3 is 2.11 bits per heavy atom. The van der Waals surface area contributed by atoms with Crippen LogP contribution in [0.1, 0.15) is 6.92 Å². The lowest BCUT2D eigenvalue weighted by Crippen LogP contribution is -2.62. The van der Waals surface area contributed by atoms with Crippen LogP contribution in [0.5, 0.6) is 0 Å². The van der Waals surface area contributed by atoms with E-state index in [1.807, 2.05) is 6.92 Å². The van der Waals surface area contributed by atoms with Crippen molar-refractivity contribution in [3.05, 3.63) is 0 Å². The topological polar surface area (TPSA) is 188 Å². The minimum atomic E-state index is -2.21. The van der Waals surface area contributed by atoms with Gasteiger partial charge in [-0.05, 0) is 6.92 Å². The Hall–Kier alpha value is -0.480. The van der Waals surface area contributed by atoms with Crippen molar-refractivity contribution < 1.29 is 59.4 Å². The Morgan fingerprint density at radius 1 is 0.857 bits per heavy atom. The van der Waals surface area contributed by atoms with Gasteiger partial charge in [0.1, 0.15) is 49.3 Å². The molecule has 0 saturated carbocycles. The van der Waals surface area contributed by atoms with Gasteiger partial charge < -0.3 is 59.4 Å². The molecule has 0 aromatic heterocycles. The largest absolute Gasteiger partial charge is 0.394 e. The predicted molar refractivity (Wildman–Crippen MR) is 88.9 cm³/mol. The van der Waals surface area contributed by atoms with E-state index in [1.54, 1.807) is 0 Å². The molecule has 2 saturated heterocycles. The molecule has 0 aliphatic carbocycles. The molecule has 0 aromatic carbocycles. The van der Waals surface area contributed by atoms with Gasteiger partial charge in [0.05, 0.1) is 26.4 Å². The van der Waals surface area contributed by atoms with E-state index in [0.29, 0.717) is 13.2 Å². The SMILES string of the molecule is CCOCCOC[C@H]1O[C@H](O[C@]2(CO)O[C@H](CO)[C@@H](O)[C@@H]2O)[C@H](O)[C@@H](O)[C@@H]1O. The van der Waals surface area contributed by atoms with Crippen LogP contribution >= 0.6 is 0 Å². The highest BCUT2D eigenvalue weighted by molar-refractivity contribution is 4.98. The summed E-state index contributed by atoms with van der Waals surface area (Å²) in [5.74, 6) is -2.21.